The number of aryl methyl sites for hydroxylation is 1. The lowest BCUT2D eigenvalue weighted by molar-refractivity contribution is 0.667. The van der Waals surface area contributed by atoms with Crippen molar-refractivity contribution in [3.63, 3.8) is 0 Å². The fourth-order valence-electron chi connectivity index (χ4n) is 2.43. The molecular formula is C16H18BBrNS3. The van der Waals surface area contributed by atoms with Gasteiger partial charge in [-0.2, -0.15) is 0 Å². The van der Waals surface area contributed by atoms with Gasteiger partial charge in [0.15, 0.2) is 7.28 Å². The fraction of sp³-hybridized carbons (Fsp3) is 0.438. The van der Waals surface area contributed by atoms with Crippen LogP contribution in [0.1, 0.15) is 38.2 Å². The van der Waals surface area contributed by atoms with E-state index in [1.165, 1.54) is 55.1 Å². The second-order valence-electron chi connectivity index (χ2n) is 5.35. The van der Waals surface area contributed by atoms with E-state index in [0.29, 0.717) is 0 Å². The van der Waals surface area contributed by atoms with Crippen molar-refractivity contribution < 1.29 is 0 Å². The average Bonchev–Trinajstić information content (AvgIpc) is 3.16. The van der Waals surface area contributed by atoms with Gasteiger partial charge in [0.05, 0.1) is 14.2 Å². The van der Waals surface area contributed by atoms with E-state index in [0.717, 1.165) is 10.5 Å². The van der Waals surface area contributed by atoms with Crippen molar-refractivity contribution in [2.24, 2.45) is 0 Å². The quantitative estimate of drug-likeness (QED) is 0.326. The summed E-state index contributed by atoms with van der Waals surface area (Å²) >= 11 is 9.21. The second-order valence-corrected chi connectivity index (χ2v) is 10.1. The molecule has 0 saturated heterocycles. The van der Waals surface area contributed by atoms with Gasteiger partial charge in [0.25, 0.3) is 0 Å². The molecule has 6 heteroatoms. The molecule has 1 radical (unpaired) electrons. The summed E-state index contributed by atoms with van der Waals surface area (Å²) < 4.78 is 3.92. The molecule has 0 amide bonds. The third-order valence-corrected chi connectivity index (χ3v) is 8.14. The third-order valence-electron chi connectivity index (χ3n) is 3.66. The first-order valence-electron chi connectivity index (χ1n) is 7.69. The summed E-state index contributed by atoms with van der Waals surface area (Å²) in [5.41, 5.74) is 2.59. The summed E-state index contributed by atoms with van der Waals surface area (Å²) in [6.45, 7) is 4.34. The molecule has 0 unspecified atom stereocenters. The molecule has 3 heterocycles. The van der Waals surface area contributed by atoms with E-state index in [9.17, 15) is 0 Å². The van der Waals surface area contributed by atoms with Crippen LogP contribution in [0.15, 0.2) is 15.9 Å². The van der Waals surface area contributed by atoms with E-state index in [1.54, 1.807) is 0 Å². The van der Waals surface area contributed by atoms with Crippen molar-refractivity contribution in [3.8, 4) is 9.88 Å². The zero-order chi connectivity index (χ0) is 15.5. The van der Waals surface area contributed by atoms with Crippen molar-refractivity contribution in [1.29, 1.82) is 0 Å². The summed E-state index contributed by atoms with van der Waals surface area (Å²) in [7, 11) is 2.15. The Labute approximate surface area is 153 Å². The van der Waals surface area contributed by atoms with Crippen LogP contribution in [0.3, 0.4) is 0 Å². The molecule has 0 spiro atoms. The number of unbranched alkanes of at least 4 members (excludes halogenated alkanes) is 3. The number of hydrogen-bond acceptors (Lipinski definition) is 4. The van der Waals surface area contributed by atoms with Gasteiger partial charge >= 0.3 is 0 Å². The highest BCUT2D eigenvalue weighted by Crippen LogP contribution is 2.40. The van der Waals surface area contributed by atoms with E-state index in [1.807, 2.05) is 34.0 Å². The van der Waals surface area contributed by atoms with Crippen LogP contribution in [0.4, 0.5) is 0 Å². The van der Waals surface area contributed by atoms with Crippen molar-refractivity contribution in [2.45, 2.75) is 45.9 Å². The molecule has 0 aliphatic rings. The van der Waals surface area contributed by atoms with Crippen molar-refractivity contribution in [3.05, 3.63) is 21.5 Å². The molecule has 0 aromatic carbocycles. The van der Waals surface area contributed by atoms with Gasteiger partial charge in [-0.3, -0.25) is 0 Å². The van der Waals surface area contributed by atoms with Crippen molar-refractivity contribution >= 4 is 71.5 Å². The molecule has 22 heavy (non-hydrogen) atoms. The molecule has 3 aromatic rings. The maximum Gasteiger partial charge on any atom is 0.162 e. The number of fused-ring (bicyclic) bond motifs is 1. The predicted molar refractivity (Wildman–Crippen MR) is 108 cm³/mol. The number of thiazole rings is 1. The average molecular weight is 411 g/mol. The largest absolute Gasteiger partial charge is 0.234 e. The van der Waals surface area contributed by atoms with Crippen LogP contribution < -0.4 is 4.78 Å². The third kappa shape index (κ3) is 3.66. The Morgan fingerprint density at radius 3 is 2.73 bits per heavy atom. The monoisotopic (exact) mass is 410 g/mol. The molecule has 0 bridgehead atoms. The molecular weight excluding hydrogens is 393 g/mol. The number of hydrogen-bond donors (Lipinski definition) is 0. The number of thiophene rings is 2. The number of rotatable bonds is 7. The lowest BCUT2D eigenvalue weighted by Crippen LogP contribution is -2.02. The van der Waals surface area contributed by atoms with E-state index in [-0.39, 0.29) is 0 Å². The van der Waals surface area contributed by atoms with Gasteiger partial charge in [-0.15, -0.1) is 34.0 Å². The van der Waals surface area contributed by atoms with Crippen LogP contribution >= 0.6 is 49.9 Å². The molecule has 0 fully saturated rings. The first-order chi connectivity index (χ1) is 10.7. The molecule has 3 rings (SSSR count). The van der Waals surface area contributed by atoms with E-state index in [4.69, 9.17) is 4.98 Å². The fourth-order valence-corrected chi connectivity index (χ4v) is 6.42. The Bertz CT molecular complexity index is 727. The maximum atomic E-state index is 4.81. The molecule has 0 saturated carbocycles. The lowest BCUT2D eigenvalue weighted by atomic mass is 9.81. The summed E-state index contributed by atoms with van der Waals surface area (Å²) in [6.07, 6.45) is 6.42. The van der Waals surface area contributed by atoms with Crippen LogP contribution in [-0.2, 0) is 6.42 Å². The summed E-state index contributed by atoms with van der Waals surface area (Å²) in [4.78, 5) is 6.11. The summed E-state index contributed by atoms with van der Waals surface area (Å²) in [5.74, 6) is 0. The topological polar surface area (TPSA) is 12.9 Å². The van der Waals surface area contributed by atoms with E-state index < -0.39 is 0 Å². The van der Waals surface area contributed by atoms with Crippen LogP contribution in [0.25, 0.3) is 19.4 Å². The van der Waals surface area contributed by atoms with Gasteiger partial charge in [0, 0.05) is 0 Å². The van der Waals surface area contributed by atoms with Gasteiger partial charge in [-0.25, -0.2) is 4.98 Å². The van der Waals surface area contributed by atoms with Crippen LogP contribution in [0.2, 0.25) is 6.82 Å². The zero-order valence-electron chi connectivity index (χ0n) is 12.8. The Hall–Kier alpha value is -0.165. The first-order valence-corrected chi connectivity index (χ1v) is 10.9. The smallest absolute Gasteiger partial charge is 0.162 e. The lowest BCUT2D eigenvalue weighted by Gasteiger charge is -1.98. The number of aromatic nitrogens is 1. The maximum absolute atomic E-state index is 4.81. The van der Waals surface area contributed by atoms with E-state index >= 15 is 0 Å². The molecule has 0 atom stereocenters. The van der Waals surface area contributed by atoms with Gasteiger partial charge in [-0.1, -0.05) is 33.0 Å². The van der Waals surface area contributed by atoms with Crippen LogP contribution in [0.5, 0.6) is 0 Å². The summed E-state index contributed by atoms with van der Waals surface area (Å²) in [6, 6.07) is 4.52. The molecule has 0 aliphatic carbocycles. The van der Waals surface area contributed by atoms with Crippen molar-refractivity contribution in [1.82, 2.24) is 4.98 Å². The molecule has 0 aliphatic heterocycles. The summed E-state index contributed by atoms with van der Waals surface area (Å²) in [5, 5.41) is 1.16. The van der Waals surface area contributed by atoms with Gasteiger partial charge in [0.1, 0.15) is 9.02 Å². The minimum Gasteiger partial charge on any atom is -0.234 e. The Balaban J connectivity index is 1.76. The first kappa shape index (κ1) is 16.7. The van der Waals surface area contributed by atoms with Crippen LogP contribution in [0, 0.1) is 0 Å². The highest BCUT2D eigenvalue weighted by molar-refractivity contribution is 9.11. The Kier molecular flexibility index (Phi) is 5.77. The minimum atomic E-state index is 1.15. The van der Waals surface area contributed by atoms with Crippen molar-refractivity contribution in [2.75, 3.05) is 0 Å². The minimum absolute atomic E-state index is 1.15. The Morgan fingerprint density at radius 2 is 2.00 bits per heavy atom. The van der Waals surface area contributed by atoms with Gasteiger partial charge in [-0.05, 0) is 51.2 Å². The number of nitrogens with zero attached hydrogens (tertiary/aromatic N) is 1. The Morgan fingerprint density at radius 1 is 1.14 bits per heavy atom. The standard InChI is InChI=1S/C16H18BBrNS3/c1-3-4-5-6-7-10-8-12(20-14(10)18)15-19-11-9-13(17-2)21-16(11)22-15/h8-9H,3-7H2,1-2H3. The predicted octanol–water partition coefficient (Wildman–Crippen LogP) is 6.35. The molecule has 0 N–H and O–H groups in total. The van der Waals surface area contributed by atoms with E-state index in [2.05, 4.69) is 49.1 Å². The van der Waals surface area contributed by atoms with Gasteiger partial charge < -0.3 is 0 Å². The van der Waals surface area contributed by atoms with Gasteiger partial charge in [0.2, 0.25) is 0 Å². The van der Waals surface area contributed by atoms with Crippen LogP contribution in [-0.4, -0.2) is 12.3 Å². The highest BCUT2D eigenvalue weighted by Gasteiger charge is 2.14. The second kappa shape index (κ2) is 7.60. The highest BCUT2D eigenvalue weighted by atomic mass is 79.9. The number of halogens is 1. The normalized spacial score (nSPS) is 11.4. The molecule has 3 aromatic heterocycles. The zero-order valence-corrected chi connectivity index (χ0v) is 16.9. The molecule has 115 valence electrons. The molecule has 1 nitrogen and oxygen atoms in total. The SMILES string of the molecule is C[B]c1cc2nc(-c3cc(CCCCCC)c(Br)s3)sc2s1.